The maximum atomic E-state index is 14.0. The third-order valence-electron chi connectivity index (χ3n) is 6.34. The van der Waals surface area contributed by atoms with E-state index in [1.165, 1.54) is 24.1 Å². The Bertz CT molecular complexity index is 1410. The number of amides is 2. The summed E-state index contributed by atoms with van der Waals surface area (Å²) >= 11 is 3.46. The Kier molecular flexibility index (Phi) is 10.8. The van der Waals surface area contributed by atoms with Crippen LogP contribution >= 0.6 is 15.9 Å². The van der Waals surface area contributed by atoms with E-state index >= 15 is 0 Å². The minimum absolute atomic E-state index is 0.0166. The van der Waals surface area contributed by atoms with Gasteiger partial charge in [0.2, 0.25) is 11.8 Å². The first-order valence-corrected chi connectivity index (χ1v) is 15.2. The molecule has 3 aromatic carbocycles. The summed E-state index contributed by atoms with van der Waals surface area (Å²) in [5, 5.41) is 2.89. The number of nitrogens with one attached hydrogen (secondary N) is 1. The van der Waals surface area contributed by atoms with Crippen molar-refractivity contribution in [2.75, 3.05) is 24.5 Å². The van der Waals surface area contributed by atoms with Crippen molar-refractivity contribution in [3.63, 3.8) is 0 Å². The molecule has 0 fully saturated rings. The molecule has 1 atom stereocenters. The molecule has 0 radical (unpaired) electrons. The lowest BCUT2D eigenvalue weighted by molar-refractivity contribution is -0.139. The van der Waals surface area contributed by atoms with E-state index in [0.717, 1.165) is 19.9 Å². The number of hydrogen-bond acceptors (Lipinski definition) is 5. The van der Waals surface area contributed by atoms with Gasteiger partial charge in [-0.15, -0.1) is 0 Å². The molecular weight excluding hydrogens is 594 g/mol. The van der Waals surface area contributed by atoms with Crippen LogP contribution in [0.15, 0.2) is 82.2 Å². The van der Waals surface area contributed by atoms with Crippen molar-refractivity contribution in [3.05, 3.63) is 88.4 Å². The monoisotopic (exact) mass is 629 g/mol. The molecule has 0 bridgehead atoms. The van der Waals surface area contributed by atoms with Gasteiger partial charge in [0, 0.05) is 17.6 Å². The number of ether oxygens (including phenoxy) is 1. The second kappa shape index (κ2) is 13.8. The maximum absolute atomic E-state index is 14.0. The summed E-state index contributed by atoms with van der Waals surface area (Å²) in [6.45, 7) is 7.61. The molecule has 0 aliphatic carbocycles. The Morgan fingerprint density at radius 1 is 0.975 bits per heavy atom. The number of aryl methyl sites for hydroxylation is 1. The van der Waals surface area contributed by atoms with Gasteiger partial charge >= 0.3 is 0 Å². The molecule has 1 N–H and O–H groups in total. The number of rotatable bonds is 12. The average molecular weight is 631 g/mol. The van der Waals surface area contributed by atoms with E-state index in [-0.39, 0.29) is 23.3 Å². The number of halogens is 1. The predicted molar refractivity (Wildman–Crippen MR) is 161 cm³/mol. The molecule has 0 spiro atoms. The van der Waals surface area contributed by atoms with Crippen molar-refractivity contribution < 1.29 is 22.7 Å². The summed E-state index contributed by atoms with van der Waals surface area (Å²) in [7, 11) is -2.65. The van der Waals surface area contributed by atoms with Crippen LogP contribution in [0.2, 0.25) is 0 Å². The first-order valence-electron chi connectivity index (χ1n) is 13.0. The van der Waals surface area contributed by atoms with Gasteiger partial charge in [-0.2, -0.15) is 0 Å². The smallest absolute Gasteiger partial charge is 0.264 e. The van der Waals surface area contributed by atoms with Crippen molar-refractivity contribution in [1.29, 1.82) is 0 Å². The Morgan fingerprint density at radius 2 is 1.62 bits per heavy atom. The van der Waals surface area contributed by atoms with Gasteiger partial charge in [-0.05, 0) is 73.9 Å². The summed E-state index contributed by atoms with van der Waals surface area (Å²) in [4.78, 5) is 28.5. The first kappa shape index (κ1) is 31.2. The van der Waals surface area contributed by atoms with Gasteiger partial charge in [-0.1, -0.05) is 59.6 Å². The van der Waals surface area contributed by atoms with E-state index in [1.54, 1.807) is 43.3 Å². The Balaban J connectivity index is 2.01. The lowest BCUT2D eigenvalue weighted by Gasteiger charge is -2.32. The lowest BCUT2D eigenvalue weighted by Crippen LogP contribution is -2.51. The third kappa shape index (κ3) is 8.08. The summed E-state index contributed by atoms with van der Waals surface area (Å²) < 4.78 is 34.9. The fourth-order valence-electron chi connectivity index (χ4n) is 3.98. The molecule has 0 aliphatic rings. The van der Waals surface area contributed by atoms with Gasteiger partial charge in [0.05, 0.1) is 17.7 Å². The fraction of sp³-hybridized carbons (Fsp3) is 0.333. The highest BCUT2D eigenvalue weighted by atomic mass is 79.9. The van der Waals surface area contributed by atoms with Crippen molar-refractivity contribution in [1.82, 2.24) is 10.2 Å². The number of nitrogens with zero attached hydrogens (tertiary/aromatic N) is 2. The topological polar surface area (TPSA) is 96.0 Å². The molecule has 8 nitrogen and oxygen atoms in total. The lowest BCUT2D eigenvalue weighted by atomic mass is 10.1. The van der Waals surface area contributed by atoms with Crippen LogP contribution in [-0.4, -0.2) is 51.4 Å². The molecule has 40 heavy (non-hydrogen) atoms. The predicted octanol–water partition coefficient (Wildman–Crippen LogP) is 5.15. The van der Waals surface area contributed by atoms with E-state index in [2.05, 4.69) is 21.2 Å². The molecule has 3 aromatic rings. The van der Waals surface area contributed by atoms with E-state index in [1.807, 2.05) is 45.0 Å². The number of benzene rings is 3. The second-order valence-electron chi connectivity index (χ2n) is 9.99. The van der Waals surface area contributed by atoms with E-state index in [0.29, 0.717) is 18.0 Å². The first-order chi connectivity index (χ1) is 18.9. The maximum Gasteiger partial charge on any atom is 0.264 e. The normalized spacial score (nSPS) is 12.1. The van der Waals surface area contributed by atoms with Crippen LogP contribution in [-0.2, 0) is 26.2 Å². The molecule has 2 amide bonds. The van der Waals surface area contributed by atoms with Gasteiger partial charge in [-0.3, -0.25) is 13.9 Å². The zero-order chi connectivity index (χ0) is 29.4. The molecule has 0 heterocycles. The summed E-state index contributed by atoms with van der Waals surface area (Å²) in [5.41, 5.74) is 2.09. The van der Waals surface area contributed by atoms with E-state index in [9.17, 15) is 18.0 Å². The highest BCUT2D eigenvalue weighted by Crippen LogP contribution is 2.26. The highest BCUT2D eigenvalue weighted by Gasteiger charge is 2.32. The van der Waals surface area contributed by atoms with Crippen molar-refractivity contribution in [2.45, 2.75) is 45.2 Å². The fourth-order valence-corrected chi connectivity index (χ4v) is 5.84. The molecule has 10 heteroatoms. The van der Waals surface area contributed by atoms with Gasteiger partial charge in [0.1, 0.15) is 18.3 Å². The van der Waals surface area contributed by atoms with Crippen LogP contribution in [0.25, 0.3) is 0 Å². The highest BCUT2D eigenvalue weighted by molar-refractivity contribution is 9.10. The largest absolute Gasteiger partial charge is 0.497 e. The zero-order valence-electron chi connectivity index (χ0n) is 23.4. The average Bonchev–Trinajstić information content (AvgIpc) is 2.93. The Hall–Kier alpha value is -3.37. The molecule has 0 aliphatic heterocycles. The van der Waals surface area contributed by atoms with Crippen molar-refractivity contribution in [2.24, 2.45) is 5.92 Å². The van der Waals surface area contributed by atoms with Gasteiger partial charge in [0.15, 0.2) is 0 Å². The molecule has 0 saturated heterocycles. The molecule has 0 saturated carbocycles. The summed E-state index contributed by atoms with van der Waals surface area (Å²) in [5.74, 6) is -0.0721. The van der Waals surface area contributed by atoms with E-state index < -0.39 is 28.5 Å². The van der Waals surface area contributed by atoms with Crippen LogP contribution in [0, 0.1) is 12.8 Å². The molecular formula is C30H36BrN3O5S. The molecule has 214 valence electrons. The van der Waals surface area contributed by atoms with Crippen molar-refractivity contribution in [3.8, 4) is 5.75 Å². The third-order valence-corrected chi connectivity index (χ3v) is 8.62. The number of anilines is 1. The molecule has 3 rings (SSSR count). The molecule has 0 unspecified atom stereocenters. The van der Waals surface area contributed by atoms with Gasteiger partial charge in [-0.25, -0.2) is 8.42 Å². The van der Waals surface area contributed by atoms with Crippen LogP contribution in [0.1, 0.15) is 31.9 Å². The van der Waals surface area contributed by atoms with Crippen LogP contribution in [0.5, 0.6) is 5.75 Å². The van der Waals surface area contributed by atoms with Crippen LogP contribution < -0.4 is 14.4 Å². The minimum atomic E-state index is -4.15. The van der Waals surface area contributed by atoms with E-state index in [4.69, 9.17) is 4.74 Å². The standard InChI is InChI=1S/C30H36BrN3O5S/c1-21(2)18-32-30(36)23(4)33(19-24-7-6-8-25(31)17-24)29(35)20-34(26-11-9-22(3)10-12-26)40(37,38)28-15-13-27(39-5)14-16-28/h6-17,21,23H,18-20H2,1-5H3,(H,32,36)/t23-/m0/s1. The number of sulfonamides is 1. The van der Waals surface area contributed by atoms with Gasteiger partial charge in [0.25, 0.3) is 10.0 Å². The minimum Gasteiger partial charge on any atom is -0.497 e. The number of hydrogen-bond donors (Lipinski definition) is 1. The van der Waals surface area contributed by atoms with Crippen LogP contribution in [0.4, 0.5) is 5.69 Å². The zero-order valence-corrected chi connectivity index (χ0v) is 25.8. The number of methoxy groups -OCH3 is 1. The molecule has 0 aromatic heterocycles. The van der Waals surface area contributed by atoms with Gasteiger partial charge < -0.3 is 15.0 Å². The SMILES string of the molecule is COc1ccc(S(=O)(=O)N(CC(=O)N(Cc2cccc(Br)c2)[C@@H](C)C(=O)NCC(C)C)c2ccc(C)cc2)cc1. The quantitative estimate of drug-likeness (QED) is 0.299. The summed E-state index contributed by atoms with van der Waals surface area (Å²) in [6, 6.07) is 19.5. The number of carbonyl (C=O) groups is 2. The Morgan fingerprint density at radius 3 is 2.20 bits per heavy atom. The second-order valence-corrected chi connectivity index (χ2v) is 12.8. The van der Waals surface area contributed by atoms with Crippen LogP contribution in [0.3, 0.4) is 0 Å². The Labute approximate surface area is 245 Å². The summed E-state index contributed by atoms with van der Waals surface area (Å²) in [6.07, 6.45) is 0. The van der Waals surface area contributed by atoms with Crippen molar-refractivity contribution >= 4 is 43.5 Å². The number of carbonyl (C=O) groups excluding carboxylic acids is 2.